The fourth-order valence-electron chi connectivity index (χ4n) is 7.13. The van der Waals surface area contributed by atoms with Gasteiger partial charge in [-0.25, -0.2) is 4.39 Å². The maximum absolute atomic E-state index is 16.1. The Balaban J connectivity index is 0.000000868. The first kappa shape index (κ1) is 25.5. The van der Waals surface area contributed by atoms with Gasteiger partial charge < -0.3 is 25.7 Å². The summed E-state index contributed by atoms with van der Waals surface area (Å²) in [6.07, 6.45) is 5.25. The van der Waals surface area contributed by atoms with Crippen LogP contribution in [0.3, 0.4) is 0 Å². The highest BCUT2D eigenvalue weighted by atomic mass is 19.1. The lowest BCUT2D eigenvalue weighted by Gasteiger charge is -2.50. The van der Waals surface area contributed by atoms with Crippen LogP contribution in [0.4, 0.5) is 4.39 Å². The van der Waals surface area contributed by atoms with Gasteiger partial charge >= 0.3 is 0 Å². The number of allylic oxidation sites excluding steroid dienone is 3. The van der Waals surface area contributed by atoms with Gasteiger partial charge in [0.2, 0.25) is 0 Å². The Morgan fingerprint density at radius 3 is 2.38 bits per heavy atom. The lowest BCUT2D eigenvalue weighted by atomic mass is 9.57. The molecule has 2 saturated carbocycles. The molecule has 0 aromatic heterocycles. The van der Waals surface area contributed by atoms with E-state index in [4.69, 9.17) is 0 Å². The molecule has 1 aromatic carbocycles. The lowest BCUT2D eigenvalue weighted by Crippen LogP contribution is -2.55. The minimum Gasteiger partial charge on any atom is -0.393 e. The number of fused-ring (bicyclic) bond motifs is 4. The fraction of sp³-hybridized carbons (Fsp3) is 0.643. The first-order chi connectivity index (χ1) is 16.1. The van der Waals surface area contributed by atoms with Crippen LogP contribution < -0.4 is 5.32 Å². The van der Waals surface area contributed by atoms with Crippen molar-refractivity contribution in [2.75, 3.05) is 14.1 Å². The van der Waals surface area contributed by atoms with E-state index in [0.29, 0.717) is 44.1 Å². The topological polar surface area (TPSA) is 93.0 Å². The molecule has 1 aromatic rings. The molecule has 7 atom stereocenters. The molecule has 5 N–H and O–H groups in total. The zero-order valence-corrected chi connectivity index (χ0v) is 20.6. The number of rotatable bonds is 2. The van der Waals surface area contributed by atoms with E-state index in [-0.39, 0.29) is 30.3 Å². The average molecular weight is 474 g/mol. The van der Waals surface area contributed by atoms with Gasteiger partial charge in [0.05, 0.1) is 18.3 Å². The summed E-state index contributed by atoms with van der Waals surface area (Å²) < 4.78 is 16.1. The van der Waals surface area contributed by atoms with Crippen LogP contribution in [0, 0.1) is 17.3 Å². The largest absolute Gasteiger partial charge is 0.393 e. The molecule has 4 aliphatic rings. The molecule has 5 rings (SSSR count). The van der Waals surface area contributed by atoms with Crippen LogP contribution in [0.5, 0.6) is 0 Å². The van der Waals surface area contributed by atoms with E-state index in [9.17, 15) is 20.4 Å². The van der Waals surface area contributed by atoms with Gasteiger partial charge in [0.25, 0.3) is 0 Å². The Morgan fingerprint density at radius 2 is 1.74 bits per heavy atom. The molecule has 5 nitrogen and oxygen atoms in total. The number of aliphatic hydroxyl groups is 4. The second-order valence-electron chi connectivity index (χ2n) is 11.0. The maximum atomic E-state index is 16.1. The summed E-state index contributed by atoms with van der Waals surface area (Å²) in [5.41, 5.74) is 0.103. The van der Waals surface area contributed by atoms with E-state index in [1.165, 1.54) is 5.57 Å². The van der Waals surface area contributed by atoms with Gasteiger partial charge in [0, 0.05) is 17.8 Å². The average Bonchev–Trinajstić information content (AvgIpc) is 3.13. The quantitative estimate of drug-likeness (QED) is 0.424. The first-order valence-electron chi connectivity index (χ1n) is 12.6. The molecule has 6 unspecified atom stereocenters. The van der Waals surface area contributed by atoms with Crippen molar-refractivity contribution in [1.29, 1.82) is 0 Å². The molecular formula is C28H40FNO4. The van der Waals surface area contributed by atoms with E-state index < -0.39 is 23.5 Å². The number of halogens is 1. The number of benzene rings is 1. The molecule has 0 aliphatic heterocycles. The van der Waals surface area contributed by atoms with Gasteiger partial charge in [-0.2, -0.15) is 0 Å². The van der Waals surface area contributed by atoms with Crippen molar-refractivity contribution < 1.29 is 24.8 Å². The van der Waals surface area contributed by atoms with E-state index in [1.54, 1.807) is 0 Å². The summed E-state index contributed by atoms with van der Waals surface area (Å²) in [6.45, 7) is 2.17. The van der Waals surface area contributed by atoms with E-state index in [1.807, 2.05) is 44.4 Å². The predicted molar refractivity (Wildman–Crippen MR) is 132 cm³/mol. The van der Waals surface area contributed by atoms with Gasteiger partial charge in [-0.1, -0.05) is 43.3 Å². The molecule has 0 amide bonds. The van der Waals surface area contributed by atoms with E-state index in [2.05, 4.69) is 18.3 Å². The third kappa shape index (κ3) is 3.97. The van der Waals surface area contributed by atoms with Crippen molar-refractivity contribution in [3.05, 3.63) is 53.1 Å². The third-order valence-corrected chi connectivity index (χ3v) is 8.91. The van der Waals surface area contributed by atoms with Crippen LogP contribution in [0.2, 0.25) is 0 Å². The Morgan fingerprint density at radius 1 is 1.06 bits per heavy atom. The number of aliphatic hydroxyl groups excluding tert-OH is 3. The molecule has 0 spiro atoms. The zero-order valence-electron chi connectivity index (χ0n) is 20.6. The summed E-state index contributed by atoms with van der Waals surface area (Å²) >= 11 is 0. The zero-order chi connectivity index (χ0) is 24.7. The summed E-state index contributed by atoms with van der Waals surface area (Å²) in [5.74, 6) is -0.469. The van der Waals surface area contributed by atoms with Crippen LogP contribution in [0.25, 0.3) is 5.57 Å². The summed E-state index contributed by atoms with van der Waals surface area (Å²) in [5, 5.41) is 45.5. The molecule has 34 heavy (non-hydrogen) atoms. The Hall–Kier alpha value is -1.57. The van der Waals surface area contributed by atoms with Crippen LogP contribution in [0.1, 0.15) is 63.0 Å². The molecule has 188 valence electrons. The highest BCUT2D eigenvalue weighted by molar-refractivity contribution is 5.74. The van der Waals surface area contributed by atoms with Crippen molar-refractivity contribution in [2.45, 2.75) is 82.0 Å². The van der Waals surface area contributed by atoms with E-state index >= 15 is 4.39 Å². The number of alkyl halides is 1. The molecule has 0 radical (unpaired) electrons. The highest BCUT2D eigenvalue weighted by Crippen LogP contribution is 2.63. The van der Waals surface area contributed by atoms with Crippen LogP contribution in [-0.2, 0) is 6.61 Å². The van der Waals surface area contributed by atoms with Gasteiger partial charge in [-0.15, -0.1) is 0 Å². The summed E-state index contributed by atoms with van der Waals surface area (Å²) in [7, 11) is 3.75. The fourth-order valence-corrected chi connectivity index (χ4v) is 7.13. The molecule has 4 aliphatic carbocycles. The van der Waals surface area contributed by atoms with Crippen molar-refractivity contribution in [3.63, 3.8) is 0 Å². The Labute approximate surface area is 202 Å². The molecule has 6 heteroatoms. The Bertz CT molecular complexity index is 946. The normalized spacial score (nSPS) is 41.1. The van der Waals surface area contributed by atoms with Crippen molar-refractivity contribution in [3.8, 4) is 0 Å². The molecular weight excluding hydrogens is 433 g/mol. The standard InChI is InChI=1S/C26H33FO4.C2H7N/c1-24-12-11-21-23(30)25(27)14-19(29)7-6-18(25)10-13-26(21,31)22(24)9-8-20(24)17-4-2-16(15-28)3-5-17;1-3-2/h2-5,8,11,18-19,22-23,28-31H,6-7,9-10,12-15H2,1H3;3H,1-2H3/t18?,19?,22?,23?,24?,25?,26-;/m1./s1. The minimum atomic E-state index is -1.88. The molecule has 0 heterocycles. The van der Waals surface area contributed by atoms with Crippen molar-refractivity contribution in [2.24, 2.45) is 17.3 Å². The Kier molecular flexibility index (Phi) is 7.11. The predicted octanol–water partition coefficient (Wildman–Crippen LogP) is 3.51. The van der Waals surface area contributed by atoms with E-state index in [0.717, 1.165) is 11.1 Å². The van der Waals surface area contributed by atoms with Crippen molar-refractivity contribution in [1.82, 2.24) is 5.32 Å². The third-order valence-electron chi connectivity index (χ3n) is 8.91. The molecule has 0 saturated heterocycles. The van der Waals surface area contributed by atoms with Gasteiger partial charge in [-0.3, -0.25) is 0 Å². The van der Waals surface area contributed by atoms with Crippen LogP contribution >= 0.6 is 0 Å². The SMILES string of the molecule is CC12CC=C3C(O)C4(F)CC(O)CCC4CC[C@]3(O)C1CC=C2c1ccc(CO)cc1.CNC. The minimum absolute atomic E-state index is 0.00377. The molecule has 0 bridgehead atoms. The lowest BCUT2D eigenvalue weighted by molar-refractivity contribution is -0.0963. The second-order valence-corrected chi connectivity index (χ2v) is 11.0. The molecule has 2 fully saturated rings. The monoisotopic (exact) mass is 473 g/mol. The van der Waals surface area contributed by atoms with Gasteiger partial charge in [0.1, 0.15) is 11.8 Å². The smallest absolute Gasteiger partial charge is 0.145 e. The summed E-state index contributed by atoms with van der Waals surface area (Å²) in [6, 6.07) is 7.87. The second kappa shape index (κ2) is 9.47. The first-order valence-corrected chi connectivity index (χ1v) is 12.6. The van der Waals surface area contributed by atoms with Gasteiger partial charge in [0.15, 0.2) is 0 Å². The highest BCUT2D eigenvalue weighted by Gasteiger charge is 2.62. The summed E-state index contributed by atoms with van der Waals surface area (Å²) in [4.78, 5) is 0. The maximum Gasteiger partial charge on any atom is 0.145 e. The van der Waals surface area contributed by atoms with Crippen LogP contribution in [-0.4, -0.2) is 58.0 Å². The van der Waals surface area contributed by atoms with Gasteiger partial charge in [-0.05, 0) is 80.8 Å². The van der Waals surface area contributed by atoms with Crippen molar-refractivity contribution >= 4 is 5.57 Å². The number of hydrogen-bond donors (Lipinski definition) is 5. The number of nitrogens with one attached hydrogen (secondary N) is 1. The van der Waals surface area contributed by atoms with Crippen LogP contribution in [0.15, 0.2) is 42.0 Å². The number of hydrogen-bond acceptors (Lipinski definition) is 5.